The van der Waals surface area contributed by atoms with Crippen LogP contribution in [-0.2, 0) is 9.31 Å². The van der Waals surface area contributed by atoms with E-state index in [0.717, 1.165) is 5.59 Å². The van der Waals surface area contributed by atoms with Crippen LogP contribution in [-0.4, -0.2) is 23.3 Å². The lowest BCUT2D eigenvalue weighted by Gasteiger charge is -2.32. The molecule has 4 nitrogen and oxygen atoms in total. The highest BCUT2D eigenvalue weighted by atomic mass is 16.7. The SMILES string of the molecule is CC1(C)OB(c2nc(N)ccc2C2CCC2)OC1(C)C. The highest BCUT2D eigenvalue weighted by Crippen LogP contribution is 2.39. The van der Waals surface area contributed by atoms with Gasteiger partial charge in [-0.05, 0) is 58.1 Å². The Morgan fingerprint density at radius 3 is 2.25 bits per heavy atom. The first-order chi connectivity index (χ1) is 9.30. The minimum Gasteiger partial charge on any atom is -0.398 e. The minimum absolute atomic E-state index is 0.346. The standard InChI is InChI=1S/C15H23BN2O2/c1-14(2)15(3,4)20-16(19-14)13-11(10-6-5-7-10)8-9-12(17)18-13/h8-10H,5-7H2,1-4H3,(H2,17,18). The van der Waals surface area contributed by atoms with Crippen molar-refractivity contribution >= 4 is 18.5 Å². The molecule has 0 radical (unpaired) electrons. The van der Waals surface area contributed by atoms with Gasteiger partial charge >= 0.3 is 7.12 Å². The molecule has 2 N–H and O–H groups in total. The van der Waals surface area contributed by atoms with Crippen LogP contribution in [0.4, 0.5) is 5.82 Å². The van der Waals surface area contributed by atoms with Crippen molar-refractivity contribution in [2.75, 3.05) is 5.73 Å². The summed E-state index contributed by atoms with van der Waals surface area (Å²) >= 11 is 0. The zero-order valence-corrected chi connectivity index (χ0v) is 12.8. The van der Waals surface area contributed by atoms with E-state index in [2.05, 4.69) is 38.7 Å². The minimum atomic E-state index is -0.418. The van der Waals surface area contributed by atoms with Crippen LogP contribution in [0.5, 0.6) is 0 Å². The van der Waals surface area contributed by atoms with Crippen LogP contribution in [0.1, 0.15) is 58.4 Å². The van der Waals surface area contributed by atoms with Crippen molar-refractivity contribution < 1.29 is 9.31 Å². The lowest BCUT2D eigenvalue weighted by molar-refractivity contribution is 0.00578. The third-order valence-electron chi connectivity index (χ3n) is 5.00. The number of nitrogens with two attached hydrogens (primary N) is 1. The van der Waals surface area contributed by atoms with Crippen LogP contribution in [0.25, 0.3) is 0 Å². The van der Waals surface area contributed by atoms with Crippen LogP contribution >= 0.6 is 0 Å². The fourth-order valence-corrected chi connectivity index (χ4v) is 2.71. The molecule has 1 aromatic heterocycles. The number of aromatic nitrogens is 1. The average molecular weight is 274 g/mol. The summed E-state index contributed by atoms with van der Waals surface area (Å²) in [7, 11) is -0.418. The van der Waals surface area contributed by atoms with Crippen molar-refractivity contribution in [1.82, 2.24) is 4.98 Å². The molecule has 0 spiro atoms. The normalized spacial score (nSPS) is 24.7. The Kier molecular flexibility index (Phi) is 3.10. The van der Waals surface area contributed by atoms with Gasteiger partial charge in [0.1, 0.15) is 5.82 Å². The van der Waals surface area contributed by atoms with Gasteiger partial charge in [-0.25, -0.2) is 4.98 Å². The van der Waals surface area contributed by atoms with Gasteiger partial charge in [0.2, 0.25) is 0 Å². The van der Waals surface area contributed by atoms with Crippen molar-refractivity contribution in [3.63, 3.8) is 0 Å². The summed E-state index contributed by atoms with van der Waals surface area (Å²) in [6.07, 6.45) is 3.73. The maximum Gasteiger partial charge on any atom is 0.514 e. The van der Waals surface area contributed by atoms with Crippen LogP contribution in [0.3, 0.4) is 0 Å². The van der Waals surface area contributed by atoms with Crippen molar-refractivity contribution in [2.24, 2.45) is 0 Å². The molecule has 108 valence electrons. The Labute approximate surface area is 121 Å². The molecule has 20 heavy (non-hydrogen) atoms. The van der Waals surface area contributed by atoms with Crippen molar-refractivity contribution in [1.29, 1.82) is 0 Å². The second-order valence-corrected chi connectivity index (χ2v) is 6.93. The van der Waals surface area contributed by atoms with Crippen LogP contribution in [0.2, 0.25) is 0 Å². The summed E-state index contributed by atoms with van der Waals surface area (Å²) < 4.78 is 12.2. The van der Waals surface area contributed by atoms with E-state index >= 15 is 0 Å². The number of hydrogen-bond acceptors (Lipinski definition) is 4. The molecule has 1 saturated carbocycles. The summed E-state index contributed by atoms with van der Waals surface area (Å²) in [6, 6.07) is 3.97. The van der Waals surface area contributed by atoms with Crippen molar-refractivity contribution in [3.8, 4) is 0 Å². The molecule has 3 rings (SSSR count). The van der Waals surface area contributed by atoms with Gasteiger partial charge in [-0.2, -0.15) is 0 Å². The van der Waals surface area contributed by atoms with E-state index in [1.54, 1.807) is 0 Å². The Morgan fingerprint density at radius 1 is 1.15 bits per heavy atom. The maximum absolute atomic E-state index is 6.12. The molecule has 0 aromatic carbocycles. The van der Waals surface area contributed by atoms with Crippen LogP contribution in [0, 0.1) is 0 Å². The van der Waals surface area contributed by atoms with E-state index < -0.39 is 7.12 Å². The third-order valence-corrected chi connectivity index (χ3v) is 5.00. The van der Waals surface area contributed by atoms with Gasteiger partial charge in [0, 0.05) is 0 Å². The molecule has 1 aliphatic heterocycles. The monoisotopic (exact) mass is 274 g/mol. The fourth-order valence-electron chi connectivity index (χ4n) is 2.71. The molecule has 2 fully saturated rings. The van der Waals surface area contributed by atoms with E-state index in [1.807, 2.05) is 6.07 Å². The Morgan fingerprint density at radius 2 is 1.75 bits per heavy atom. The number of nitrogens with zero attached hydrogens (tertiary/aromatic N) is 1. The highest BCUT2D eigenvalue weighted by Gasteiger charge is 2.53. The van der Waals surface area contributed by atoms with Gasteiger partial charge < -0.3 is 15.0 Å². The van der Waals surface area contributed by atoms with E-state index in [9.17, 15) is 0 Å². The summed E-state index contributed by atoms with van der Waals surface area (Å²) in [5.74, 6) is 1.11. The zero-order chi connectivity index (χ0) is 14.5. The fraction of sp³-hybridized carbons (Fsp3) is 0.667. The Balaban J connectivity index is 1.96. The Hall–Kier alpha value is -1.07. The molecule has 1 aromatic rings. The predicted molar refractivity (Wildman–Crippen MR) is 81.0 cm³/mol. The van der Waals surface area contributed by atoms with Gasteiger partial charge in [-0.15, -0.1) is 0 Å². The number of anilines is 1. The van der Waals surface area contributed by atoms with Crippen molar-refractivity contribution in [2.45, 2.75) is 64.1 Å². The predicted octanol–water partition coefficient (Wildman–Crippen LogP) is 2.23. The van der Waals surface area contributed by atoms with E-state index in [4.69, 9.17) is 15.0 Å². The summed E-state index contributed by atoms with van der Waals surface area (Å²) in [5, 5.41) is 0. The van der Waals surface area contributed by atoms with E-state index in [-0.39, 0.29) is 11.2 Å². The maximum atomic E-state index is 6.12. The smallest absolute Gasteiger partial charge is 0.398 e. The molecule has 1 saturated heterocycles. The average Bonchev–Trinajstić information content (AvgIpc) is 2.48. The van der Waals surface area contributed by atoms with Gasteiger partial charge in [-0.3, -0.25) is 0 Å². The van der Waals surface area contributed by atoms with E-state index in [1.165, 1.54) is 24.8 Å². The molecule has 5 heteroatoms. The quantitative estimate of drug-likeness (QED) is 0.840. The van der Waals surface area contributed by atoms with Crippen molar-refractivity contribution in [3.05, 3.63) is 17.7 Å². The van der Waals surface area contributed by atoms with Gasteiger partial charge in [0.15, 0.2) is 0 Å². The zero-order valence-electron chi connectivity index (χ0n) is 12.8. The number of nitrogen functional groups attached to an aromatic ring is 1. The molecule has 1 aliphatic carbocycles. The number of hydrogen-bond donors (Lipinski definition) is 1. The number of pyridine rings is 1. The first kappa shape index (κ1) is 13.9. The molecule has 0 unspecified atom stereocenters. The molecule has 2 heterocycles. The Bertz CT molecular complexity index is 511. The second kappa shape index (κ2) is 4.47. The highest BCUT2D eigenvalue weighted by molar-refractivity contribution is 6.61. The first-order valence-electron chi connectivity index (χ1n) is 7.42. The van der Waals surface area contributed by atoms with Crippen LogP contribution < -0.4 is 11.3 Å². The molecule has 0 amide bonds. The summed E-state index contributed by atoms with van der Waals surface area (Å²) in [4.78, 5) is 4.52. The molecular weight excluding hydrogens is 251 g/mol. The van der Waals surface area contributed by atoms with Crippen LogP contribution in [0.15, 0.2) is 12.1 Å². The van der Waals surface area contributed by atoms with Gasteiger partial charge in [-0.1, -0.05) is 12.5 Å². The second-order valence-electron chi connectivity index (χ2n) is 6.93. The topological polar surface area (TPSA) is 57.4 Å². The lowest BCUT2D eigenvalue weighted by Crippen LogP contribution is -2.41. The summed E-state index contributed by atoms with van der Waals surface area (Å²) in [6.45, 7) is 8.23. The number of rotatable bonds is 2. The lowest BCUT2D eigenvalue weighted by atomic mass is 9.71. The molecule has 0 bridgehead atoms. The first-order valence-corrected chi connectivity index (χ1v) is 7.42. The van der Waals surface area contributed by atoms with E-state index in [0.29, 0.717) is 11.7 Å². The third kappa shape index (κ3) is 2.13. The summed E-state index contributed by atoms with van der Waals surface area (Å²) in [5.41, 5.74) is 7.28. The molecule has 2 aliphatic rings. The molecule has 0 atom stereocenters. The van der Waals surface area contributed by atoms with Gasteiger partial charge in [0.05, 0.1) is 16.8 Å². The van der Waals surface area contributed by atoms with Gasteiger partial charge in [0.25, 0.3) is 0 Å². The molecular formula is C15H23BN2O2. The largest absolute Gasteiger partial charge is 0.514 e.